The Kier molecular flexibility index (Phi) is 6.00. The number of hydrogen-bond acceptors (Lipinski definition) is 3. The standard InChI is InChI=1S/C21H27N3O2/c1-3-14-24(18-8-6-5-7-9-18)19-15-23(16-19)21(25)22-17-10-12-20(13-11-17)26-4-2/h5-13,19H,3-4,14-16H2,1-2H3,(H,22,25). The lowest BCUT2D eigenvalue weighted by Crippen LogP contribution is -2.62. The largest absolute Gasteiger partial charge is 0.494 e. The number of anilines is 2. The van der Waals surface area contributed by atoms with Crippen molar-refractivity contribution in [1.82, 2.24) is 4.90 Å². The number of benzene rings is 2. The fourth-order valence-corrected chi connectivity index (χ4v) is 3.20. The Morgan fingerprint density at radius 3 is 2.42 bits per heavy atom. The number of amides is 2. The summed E-state index contributed by atoms with van der Waals surface area (Å²) in [7, 11) is 0. The first kappa shape index (κ1) is 18.1. The summed E-state index contributed by atoms with van der Waals surface area (Å²) in [4.78, 5) is 16.7. The van der Waals surface area contributed by atoms with Gasteiger partial charge >= 0.3 is 6.03 Å². The highest BCUT2D eigenvalue weighted by Gasteiger charge is 2.34. The van der Waals surface area contributed by atoms with E-state index < -0.39 is 0 Å². The number of hydrogen-bond donors (Lipinski definition) is 1. The van der Waals surface area contributed by atoms with Crippen molar-refractivity contribution in [3.05, 3.63) is 54.6 Å². The van der Waals surface area contributed by atoms with Crippen LogP contribution in [0.3, 0.4) is 0 Å². The average Bonchev–Trinajstić information content (AvgIpc) is 2.62. The van der Waals surface area contributed by atoms with Crippen molar-refractivity contribution in [2.45, 2.75) is 26.3 Å². The highest BCUT2D eigenvalue weighted by molar-refractivity contribution is 5.90. The van der Waals surface area contributed by atoms with Crippen molar-refractivity contribution >= 4 is 17.4 Å². The van der Waals surface area contributed by atoms with E-state index in [1.807, 2.05) is 42.2 Å². The third-order valence-corrected chi connectivity index (χ3v) is 4.56. The Hall–Kier alpha value is -2.69. The Balaban J connectivity index is 1.53. The molecule has 0 aliphatic carbocycles. The van der Waals surface area contributed by atoms with E-state index in [-0.39, 0.29) is 6.03 Å². The monoisotopic (exact) mass is 353 g/mol. The van der Waals surface area contributed by atoms with Crippen LogP contribution in [0.4, 0.5) is 16.2 Å². The van der Waals surface area contributed by atoms with Crippen molar-refractivity contribution in [1.29, 1.82) is 0 Å². The number of carbonyl (C=O) groups is 1. The molecule has 26 heavy (non-hydrogen) atoms. The molecule has 138 valence electrons. The summed E-state index contributed by atoms with van der Waals surface area (Å²) in [6, 6.07) is 18.2. The van der Waals surface area contributed by atoms with Gasteiger partial charge in [-0.1, -0.05) is 25.1 Å². The first-order valence-electron chi connectivity index (χ1n) is 9.31. The van der Waals surface area contributed by atoms with Crippen LogP contribution in [0.2, 0.25) is 0 Å². The van der Waals surface area contributed by atoms with Gasteiger partial charge in [0.05, 0.1) is 12.6 Å². The van der Waals surface area contributed by atoms with Gasteiger partial charge in [0.1, 0.15) is 5.75 Å². The van der Waals surface area contributed by atoms with Gasteiger partial charge in [-0.05, 0) is 49.7 Å². The summed E-state index contributed by atoms with van der Waals surface area (Å²) < 4.78 is 5.42. The summed E-state index contributed by atoms with van der Waals surface area (Å²) in [5, 5.41) is 2.96. The molecule has 1 N–H and O–H groups in total. The molecular weight excluding hydrogens is 326 g/mol. The van der Waals surface area contributed by atoms with Crippen molar-refractivity contribution in [3.63, 3.8) is 0 Å². The lowest BCUT2D eigenvalue weighted by Gasteiger charge is -2.46. The van der Waals surface area contributed by atoms with Crippen molar-refractivity contribution in [2.24, 2.45) is 0 Å². The van der Waals surface area contributed by atoms with E-state index in [9.17, 15) is 4.79 Å². The van der Waals surface area contributed by atoms with Gasteiger partial charge in [0.2, 0.25) is 0 Å². The number of nitrogens with one attached hydrogen (secondary N) is 1. The molecule has 5 heteroatoms. The van der Waals surface area contributed by atoms with Crippen LogP contribution >= 0.6 is 0 Å². The average molecular weight is 353 g/mol. The third-order valence-electron chi connectivity index (χ3n) is 4.56. The highest BCUT2D eigenvalue weighted by atomic mass is 16.5. The summed E-state index contributed by atoms with van der Waals surface area (Å²) in [6.07, 6.45) is 1.09. The van der Waals surface area contributed by atoms with Crippen LogP contribution in [0.1, 0.15) is 20.3 Å². The minimum Gasteiger partial charge on any atom is -0.494 e. The molecular formula is C21H27N3O2. The highest BCUT2D eigenvalue weighted by Crippen LogP contribution is 2.24. The Morgan fingerprint density at radius 1 is 1.12 bits per heavy atom. The number of ether oxygens (including phenoxy) is 1. The molecule has 0 unspecified atom stereocenters. The molecule has 1 saturated heterocycles. The fourth-order valence-electron chi connectivity index (χ4n) is 3.20. The van der Waals surface area contributed by atoms with Gasteiger partial charge in [0.15, 0.2) is 0 Å². The smallest absolute Gasteiger partial charge is 0.321 e. The van der Waals surface area contributed by atoms with Gasteiger partial charge in [-0.25, -0.2) is 4.79 Å². The zero-order valence-electron chi connectivity index (χ0n) is 15.5. The minimum absolute atomic E-state index is 0.0464. The lowest BCUT2D eigenvalue weighted by atomic mass is 10.1. The van der Waals surface area contributed by atoms with Gasteiger partial charge in [-0.2, -0.15) is 0 Å². The minimum atomic E-state index is -0.0464. The molecule has 0 aromatic heterocycles. The second-order valence-corrected chi connectivity index (χ2v) is 6.48. The summed E-state index contributed by atoms with van der Waals surface area (Å²) in [6.45, 7) is 7.27. The molecule has 1 fully saturated rings. The number of likely N-dealkylation sites (tertiary alicyclic amines) is 1. The van der Waals surface area contributed by atoms with Crippen molar-refractivity contribution < 1.29 is 9.53 Å². The Bertz CT molecular complexity index is 697. The van der Waals surface area contributed by atoms with E-state index in [0.29, 0.717) is 12.6 Å². The first-order chi connectivity index (χ1) is 12.7. The molecule has 1 heterocycles. The van der Waals surface area contributed by atoms with E-state index in [1.165, 1.54) is 5.69 Å². The molecule has 2 amide bonds. The topological polar surface area (TPSA) is 44.8 Å². The lowest BCUT2D eigenvalue weighted by molar-refractivity contribution is 0.161. The van der Waals surface area contributed by atoms with E-state index in [0.717, 1.165) is 37.5 Å². The number of nitrogens with zero attached hydrogens (tertiary/aromatic N) is 2. The second kappa shape index (κ2) is 8.61. The van der Waals surface area contributed by atoms with Crippen LogP contribution in [0.25, 0.3) is 0 Å². The molecule has 0 saturated carbocycles. The quantitative estimate of drug-likeness (QED) is 0.811. The Morgan fingerprint density at radius 2 is 1.81 bits per heavy atom. The maximum absolute atomic E-state index is 12.4. The SMILES string of the molecule is CCCN(c1ccccc1)C1CN(C(=O)Nc2ccc(OCC)cc2)C1. The molecule has 1 aliphatic heterocycles. The molecule has 2 aromatic rings. The first-order valence-corrected chi connectivity index (χ1v) is 9.31. The van der Waals surface area contributed by atoms with Gasteiger partial charge in [-0.15, -0.1) is 0 Å². The number of rotatable bonds is 7. The van der Waals surface area contributed by atoms with E-state index >= 15 is 0 Å². The number of carbonyl (C=O) groups excluding carboxylic acids is 1. The molecule has 0 radical (unpaired) electrons. The molecule has 1 aliphatic rings. The van der Waals surface area contributed by atoms with Gasteiger partial charge < -0.3 is 19.9 Å². The summed E-state index contributed by atoms with van der Waals surface area (Å²) >= 11 is 0. The number of urea groups is 1. The zero-order valence-corrected chi connectivity index (χ0v) is 15.5. The zero-order chi connectivity index (χ0) is 18.4. The molecule has 0 spiro atoms. The predicted octanol–water partition coefficient (Wildman–Crippen LogP) is 4.22. The molecule has 0 atom stereocenters. The van der Waals surface area contributed by atoms with Crippen LogP contribution in [-0.2, 0) is 0 Å². The molecule has 5 nitrogen and oxygen atoms in total. The molecule has 0 bridgehead atoms. The van der Waals surface area contributed by atoms with E-state index in [1.54, 1.807) is 0 Å². The van der Waals surface area contributed by atoms with Gasteiger partial charge in [0.25, 0.3) is 0 Å². The third kappa shape index (κ3) is 4.28. The van der Waals surface area contributed by atoms with Crippen LogP contribution in [0.15, 0.2) is 54.6 Å². The van der Waals surface area contributed by atoms with Crippen LogP contribution in [0, 0.1) is 0 Å². The van der Waals surface area contributed by atoms with Gasteiger partial charge in [0, 0.05) is 31.0 Å². The maximum Gasteiger partial charge on any atom is 0.321 e. The predicted molar refractivity (Wildman–Crippen MR) is 106 cm³/mol. The fraction of sp³-hybridized carbons (Fsp3) is 0.381. The summed E-state index contributed by atoms with van der Waals surface area (Å²) in [5.41, 5.74) is 2.02. The maximum atomic E-state index is 12.4. The summed E-state index contributed by atoms with van der Waals surface area (Å²) in [5.74, 6) is 0.813. The normalized spacial score (nSPS) is 13.8. The van der Waals surface area contributed by atoms with Crippen molar-refractivity contribution in [3.8, 4) is 5.75 Å². The Labute approximate surface area is 155 Å². The molecule has 2 aromatic carbocycles. The molecule has 3 rings (SSSR count). The number of para-hydroxylation sites is 1. The second-order valence-electron chi connectivity index (χ2n) is 6.48. The van der Waals surface area contributed by atoms with Crippen molar-refractivity contribution in [2.75, 3.05) is 36.5 Å². The van der Waals surface area contributed by atoms with Crippen LogP contribution in [-0.4, -0.2) is 43.2 Å². The van der Waals surface area contributed by atoms with E-state index in [2.05, 4.69) is 41.4 Å². The van der Waals surface area contributed by atoms with Gasteiger partial charge in [-0.3, -0.25) is 0 Å². The van der Waals surface area contributed by atoms with Crippen LogP contribution in [0.5, 0.6) is 5.75 Å². The van der Waals surface area contributed by atoms with E-state index in [4.69, 9.17) is 4.74 Å². The van der Waals surface area contributed by atoms with Crippen LogP contribution < -0.4 is 15.0 Å².